The summed E-state index contributed by atoms with van der Waals surface area (Å²) in [5, 5.41) is 8.17. The summed E-state index contributed by atoms with van der Waals surface area (Å²) in [6.45, 7) is 9.18. The third-order valence-electron chi connectivity index (χ3n) is 8.65. The highest BCUT2D eigenvalue weighted by molar-refractivity contribution is 6.29. The minimum Gasteiger partial charge on any atom is -0.380 e. The molecule has 3 aliphatic rings. The van der Waals surface area contributed by atoms with E-state index < -0.39 is 0 Å². The summed E-state index contributed by atoms with van der Waals surface area (Å²) in [6.07, 6.45) is 8.26. The minimum atomic E-state index is -0.161. The smallest absolute Gasteiger partial charge is 0.169 e. The summed E-state index contributed by atoms with van der Waals surface area (Å²) in [5.74, 6) is 0.603. The summed E-state index contributed by atoms with van der Waals surface area (Å²) >= 11 is 6.11. The maximum Gasteiger partial charge on any atom is 0.169 e. The summed E-state index contributed by atoms with van der Waals surface area (Å²) in [6, 6.07) is 7.79. The molecule has 0 spiro atoms. The van der Waals surface area contributed by atoms with E-state index in [1.54, 1.807) is 12.1 Å². The second kappa shape index (κ2) is 13.5. The lowest BCUT2D eigenvalue weighted by Gasteiger charge is -2.44. The Labute approximate surface area is 242 Å². The van der Waals surface area contributed by atoms with Gasteiger partial charge in [0.1, 0.15) is 5.82 Å². The van der Waals surface area contributed by atoms with Crippen LogP contribution in [0, 0.1) is 11.7 Å². The molecule has 10 heteroatoms. The number of halogens is 2. The van der Waals surface area contributed by atoms with Crippen molar-refractivity contribution in [3.8, 4) is 0 Å². The first-order chi connectivity index (χ1) is 19.5. The average Bonchev–Trinajstić information content (AvgIpc) is 3.22. The van der Waals surface area contributed by atoms with Crippen LogP contribution in [0.15, 0.2) is 24.3 Å². The summed E-state index contributed by atoms with van der Waals surface area (Å²) in [7, 11) is 0. The van der Waals surface area contributed by atoms with E-state index in [-0.39, 0.29) is 24.2 Å². The van der Waals surface area contributed by atoms with Crippen LogP contribution >= 0.6 is 11.6 Å². The van der Waals surface area contributed by atoms with E-state index in [0.29, 0.717) is 22.6 Å². The number of nitrogen functional groups attached to an aromatic ring is 1. The SMILES string of the molecule is CCCCOC(OCCCC)C1CCN(c2ccc(F)c(N3C4CCC3CN(c3cc(Cl)nnc3N)C4)c2)CC1. The molecule has 8 nitrogen and oxygen atoms in total. The van der Waals surface area contributed by atoms with Crippen molar-refractivity contribution < 1.29 is 13.9 Å². The van der Waals surface area contributed by atoms with Crippen LogP contribution in [0.5, 0.6) is 0 Å². The molecule has 1 aromatic carbocycles. The molecule has 0 aliphatic carbocycles. The molecule has 2 unspecified atom stereocenters. The maximum absolute atomic E-state index is 15.3. The number of benzene rings is 1. The second-order valence-electron chi connectivity index (χ2n) is 11.4. The van der Waals surface area contributed by atoms with Crippen LogP contribution in [-0.4, -0.2) is 68.0 Å². The Hall–Kier alpha value is -2.36. The lowest BCUT2D eigenvalue weighted by Crippen LogP contribution is -2.54. The van der Waals surface area contributed by atoms with E-state index in [1.165, 1.54) is 0 Å². The number of nitrogens with two attached hydrogens (primary N) is 1. The van der Waals surface area contributed by atoms with Crippen molar-refractivity contribution in [3.63, 3.8) is 0 Å². The highest BCUT2D eigenvalue weighted by Gasteiger charge is 2.42. The first-order valence-electron chi connectivity index (χ1n) is 15.1. The van der Waals surface area contributed by atoms with Gasteiger partial charge < -0.3 is 29.9 Å². The van der Waals surface area contributed by atoms with Crippen molar-refractivity contribution in [2.24, 2.45) is 5.92 Å². The molecule has 2 N–H and O–H groups in total. The van der Waals surface area contributed by atoms with Gasteiger partial charge in [-0.15, -0.1) is 10.2 Å². The molecule has 4 heterocycles. The fraction of sp³-hybridized carbons (Fsp3) is 0.667. The van der Waals surface area contributed by atoms with Gasteiger partial charge >= 0.3 is 0 Å². The zero-order valence-electron chi connectivity index (χ0n) is 23.9. The Kier molecular flexibility index (Phi) is 9.86. The van der Waals surface area contributed by atoms with Crippen LogP contribution in [0.4, 0.5) is 27.3 Å². The Morgan fingerprint density at radius 1 is 0.925 bits per heavy atom. The number of hydrogen-bond donors (Lipinski definition) is 1. The molecular formula is C30H44ClFN6O2. The first-order valence-corrected chi connectivity index (χ1v) is 15.5. The largest absolute Gasteiger partial charge is 0.380 e. The van der Waals surface area contributed by atoms with E-state index in [0.717, 1.165) is 102 Å². The van der Waals surface area contributed by atoms with Gasteiger partial charge in [0.25, 0.3) is 0 Å². The lowest BCUT2D eigenvalue weighted by molar-refractivity contribution is -0.177. The number of nitrogens with zero attached hydrogens (tertiary/aromatic N) is 5. The van der Waals surface area contributed by atoms with Gasteiger partial charge in [0.2, 0.25) is 0 Å². The van der Waals surface area contributed by atoms with Crippen LogP contribution in [0.1, 0.15) is 65.2 Å². The van der Waals surface area contributed by atoms with Crippen molar-refractivity contribution in [3.05, 3.63) is 35.2 Å². The van der Waals surface area contributed by atoms with E-state index >= 15 is 4.39 Å². The summed E-state index contributed by atoms with van der Waals surface area (Å²) in [5.41, 5.74) is 8.72. The normalized spacial score (nSPS) is 21.6. The number of hydrogen-bond acceptors (Lipinski definition) is 8. The number of aromatic nitrogens is 2. The molecule has 5 rings (SSSR count). The Balaban J connectivity index is 1.24. The molecule has 0 saturated carbocycles. The predicted molar refractivity (Wildman–Crippen MR) is 160 cm³/mol. The van der Waals surface area contributed by atoms with Crippen LogP contribution in [-0.2, 0) is 9.47 Å². The van der Waals surface area contributed by atoms with E-state index in [2.05, 4.69) is 44.8 Å². The topological polar surface area (TPSA) is 80.0 Å². The van der Waals surface area contributed by atoms with Crippen molar-refractivity contribution in [2.75, 3.05) is 59.8 Å². The van der Waals surface area contributed by atoms with Crippen LogP contribution in [0.2, 0.25) is 5.15 Å². The third kappa shape index (κ3) is 6.58. The minimum absolute atomic E-state index is 0.129. The van der Waals surface area contributed by atoms with Gasteiger partial charge in [0.05, 0.1) is 11.4 Å². The molecule has 40 heavy (non-hydrogen) atoms. The zero-order valence-corrected chi connectivity index (χ0v) is 24.7. The summed E-state index contributed by atoms with van der Waals surface area (Å²) in [4.78, 5) is 6.91. The predicted octanol–water partition coefficient (Wildman–Crippen LogP) is 5.88. The van der Waals surface area contributed by atoms with Gasteiger partial charge in [0.15, 0.2) is 17.3 Å². The monoisotopic (exact) mass is 574 g/mol. The molecule has 2 bridgehead atoms. The standard InChI is InChI=1S/C30H44ClFN6O2/c1-3-5-15-39-30(40-16-6-4-2)21-11-13-36(14-12-21)22-9-10-25(32)26(17-22)38-23-7-8-24(38)20-37(19-23)27-18-28(31)34-35-29(27)33/h9-10,17-18,21,23-24,30H,3-8,11-16,19-20H2,1-2H3,(H2,33,35). The summed E-state index contributed by atoms with van der Waals surface area (Å²) < 4.78 is 27.7. The zero-order chi connectivity index (χ0) is 28.1. The highest BCUT2D eigenvalue weighted by atomic mass is 35.5. The molecule has 3 saturated heterocycles. The van der Waals surface area contributed by atoms with Gasteiger partial charge in [0, 0.05) is 69.1 Å². The number of fused-ring (bicyclic) bond motifs is 2. The van der Waals surface area contributed by atoms with Crippen molar-refractivity contribution in [1.29, 1.82) is 0 Å². The Morgan fingerprint density at radius 2 is 1.57 bits per heavy atom. The fourth-order valence-corrected chi connectivity index (χ4v) is 6.59. The molecular weight excluding hydrogens is 531 g/mol. The highest BCUT2D eigenvalue weighted by Crippen LogP contribution is 2.40. The van der Waals surface area contributed by atoms with Crippen LogP contribution < -0.4 is 20.4 Å². The Bertz CT molecular complexity index is 1090. The molecule has 1 aromatic heterocycles. The molecule has 0 radical (unpaired) electrons. The number of anilines is 4. The van der Waals surface area contributed by atoms with E-state index in [1.807, 2.05) is 6.07 Å². The number of piperidine rings is 1. The molecule has 2 atom stereocenters. The van der Waals surface area contributed by atoms with Crippen molar-refractivity contribution in [1.82, 2.24) is 10.2 Å². The van der Waals surface area contributed by atoms with E-state index in [4.69, 9.17) is 26.8 Å². The first kappa shape index (κ1) is 29.1. The maximum atomic E-state index is 15.3. The molecule has 220 valence electrons. The molecule has 3 fully saturated rings. The average molecular weight is 575 g/mol. The van der Waals surface area contributed by atoms with Gasteiger partial charge in [-0.1, -0.05) is 38.3 Å². The van der Waals surface area contributed by atoms with Crippen molar-refractivity contribution >= 4 is 34.5 Å². The molecule has 0 amide bonds. The van der Waals surface area contributed by atoms with Crippen molar-refractivity contribution in [2.45, 2.75) is 83.6 Å². The number of unbranched alkanes of at least 4 members (excludes halogenated alkanes) is 2. The number of ether oxygens (including phenoxy) is 2. The fourth-order valence-electron chi connectivity index (χ4n) is 6.45. The third-order valence-corrected chi connectivity index (χ3v) is 8.84. The number of piperazine rings is 1. The molecule has 3 aliphatic heterocycles. The van der Waals surface area contributed by atoms with Crippen LogP contribution in [0.3, 0.4) is 0 Å². The second-order valence-corrected chi connectivity index (χ2v) is 11.8. The van der Waals surface area contributed by atoms with Gasteiger partial charge in [-0.05, 0) is 56.7 Å². The quantitative estimate of drug-likeness (QED) is 0.248. The van der Waals surface area contributed by atoms with Gasteiger partial charge in [-0.3, -0.25) is 0 Å². The Morgan fingerprint density at radius 3 is 2.20 bits per heavy atom. The lowest BCUT2D eigenvalue weighted by atomic mass is 9.95. The number of rotatable bonds is 12. The van der Waals surface area contributed by atoms with Crippen LogP contribution in [0.25, 0.3) is 0 Å². The van der Waals surface area contributed by atoms with Gasteiger partial charge in [-0.2, -0.15) is 0 Å². The van der Waals surface area contributed by atoms with Gasteiger partial charge in [-0.25, -0.2) is 4.39 Å². The molecule has 2 aromatic rings. The van der Waals surface area contributed by atoms with E-state index in [9.17, 15) is 0 Å².